The zero-order valence-corrected chi connectivity index (χ0v) is 27.0. The van der Waals surface area contributed by atoms with Gasteiger partial charge in [0.1, 0.15) is 27.4 Å². The number of nitro groups is 2. The van der Waals surface area contributed by atoms with Gasteiger partial charge in [0.05, 0.1) is 21.9 Å². The second-order valence-corrected chi connectivity index (χ2v) is 13.8. The number of piperidine rings is 1. The van der Waals surface area contributed by atoms with Crippen molar-refractivity contribution in [3.8, 4) is 0 Å². The molecule has 0 aliphatic carbocycles. The molecule has 2 fully saturated rings. The second-order valence-electron chi connectivity index (χ2n) is 11.6. The fraction of sp³-hybridized carbons (Fsp3) is 0.312. The molecular weight excluding hydrogens is 683 g/mol. The lowest BCUT2D eigenvalue weighted by Crippen LogP contribution is -2.34. The summed E-state index contributed by atoms with van der Waals surface area (Å²) in [6.45, 7) is 2.84. The van der Waals surface area contributed by atoms with Crippen molar-refractivity contribution in [3.05, 3.63) is 123 Å². The molecule has 3 aromatic carbocycles. The van der Waals surface area contributed by atoms with Crippen molar-refractivity contribution in [1.82, 2.24) is 0 Å². The minimum atomic E-state index is -1.08. The third-order valence-electron chi connectivity index (χ3n) is 8.90. The summed E-state index contributed by atoms with van der Waals surface area (Å²) in [7, 11) is 0. The Morgan fingerprint density at radius 3 is 1.66 bits per heavy atom. The van der Waals surface area contributed by atoms with E-state index in [2.05, 4.69) is 6.07 Å². The van der Waals surface area contributed by atoms with Gasteiger partial charge in [0.2, 0.25) is 0 Å². The maximum Gasteiger partial charge on any atom is 0.288 e. The largest absolute Gasteiger partial charge is 0.367 e. The van der Waals surface area contributed by atoms with Crippen molar-refractivity contribution in [2.75, 3.05) is 22.9 Å². The van der Waals surface area contributed by atoms with E-state index in [1.54, 1.807) is 16.2 Å². The van der Waals surface area contributed by atoms with Gasteiger partial charge in [0.25, 0.3) is 11.4 Å². The zero-order valence-electron chi connectivity index (χ0n) is 24.7. The summed E-state index contributed by atoms with van der Waals surface area (Å²) in [5.41, 5.74) is -1.92. The van der Waals surface area contributed by atoms with E-state index >= 15 is 17.6 Å². The van der Waals surface area contributed by atoms with Gasteiger partial charge in [-0.1, -0.05) is 23.2 Å². The smallest absolute Gasteiger partial charge is 0.288 e. The van der Waals surface area contributed by atoms with E-state index in [1.807, 2.05) is 13.0 Å². The number of nitrogens with zero attached hydrogens (tertiary/aromatic N) is 4. The fourth-order valence-corrected chi connectivity index (χ4v) is 8.23. The van der Waals surface area contributed by atoms with Gasteiger partial charge in [-0.15, -0.1) is 11.3 Å². The molecule has 4 aromatic rings. The predicted octanol–water partition coefficient (Wildman–Crippen LogP) is 10.2. The summed E-state index contributed by atoms with van der Waals surface area (Å²) in [5, 5.41) is 22.4. The van der Waals surface area contributed by atoms with Gasteiger partial charge in [-0.05, 0) is 74.9 Å². The van der Waals surface area contributed by atoms with Crippen molar-refractivity contribution < 1.29 is 27.4 Å². The van der Waals surface area contributed by atoms with Crippen molar-refractivity contribution >= 4 is 57.3 Å². The number of hydrogen-bond acceptors (Lipinski definition) is 7. The third-order valence-corrected chi connectivity index (χ3v) is 10.7. The van der Waals surface area contributed by atoms with Crippen LogP contribution in [-0.2, 0) is 0 Å². The molecule has 47 heavy (non-hydrogen) atoms. The van der Waals surface area contributed by atoms with Gasteiger partial charge in [-0.25, -0.2) is 17.6 Å². The Kier molecular flexibility index (Phi) is 9.07. The summed E-state index contributed by atoms with van der Waals surface area (Å²) in [6.07, 6.45) is 1.49. The van der Waals surface area contributed by atoms with Gasteiger partial charge in [0, 0.05) is 51.8 Å². The van der Waals surface area contributed by atoms with Crippen LogP contribution in [0.2, 0.25) is 10.0 Å². The Balaban J connectivity index is 1.41. The molecule has 1 aromatic heterocycles. The number of hydrogen-bond donors (Lipinski definition) is 0. The average molecular weight is 710 g/mol. The molecule has 0 amide bonds. The Labute approximate surface area is 280 Å². The molecule has 2 atom stereocenters. The normalized spacial score (nSPS) is 18.6. The van der Waals surface area contributed by atoms with E-state index in [9.17, 15) is 20.2 Å². The topological polar surface area (TPSA) is 92.8 Å². The van der Waals surface area contributed by atoms with E-state index in [0.717, 1.165) is 36.4 Å². The highest BCUT2D eigenvalue weighted by molar-refractivity contribution is 7.12. The van der Waals surface area contributed by atoms with Gasteiger partial charge in [-0.2, -0.15) is 0 Å². The minimum absolute atomic E-state index is 0.0525. The van der Waals surface area contributed by atoms with Crippen LogP contribution >= 0.6 is 34.5 Å². The molecule has 3 heterocycles. The van der Waals surface area contributed by atoms with Crippen LogP contribution < -0.4 is 9.80 Å². The molecule has 8 nitrogen and oxygen atoms in total. The number of aryl methyl sites for hydroxylation is 1. The van der Waals surface area contributed by atoms with E-state index in [0.29, 0.717) is 25.9 Å². The number of rotatable bonds is 7. The summed E-state index contributed by atoms with van der Waals surface area (Å²) in [6, 6.07) is 7.52. The first-order chi connectivity index (χ1) is 22.3. The Hall–Kier alpha value is -3.94. The van der Waals surface area contributed by atoms with Crippen LogP contribution in [0, 0.1) is 50.4 Å². The number of nitro benzene ring substituents is 2. The molecule has 2 aliphatic heterocycles. The summed E-state index contributed by atoms with van der Waals surface area (Å²) in [4.78, 5) is 27.1. The van der Waals surface area contributed by atoms with Crippen molar-refractivity contribution in [3.63, 3.8) is 0 Å². The molecule has 15 heteroatoms. The van der Waals surface area contributed by atoms with Gasteiger partial charge in [0.15, 0.2) is 11.6 Å². The van der Waals surface area contributed by atoms with E-state index in [1.165, 1.54) is 14.7 Å². The van der Waals surface area contributed by atoms with Crippen LogP contribution in [0.4, 0.5) is 40.3 Å². The molecule has 0 radical (unpaired) electrons. The molecule has 2 saturated heterocycles. The molecule has 2 aliphatic rings. The van der Waals surface area contributed by atoms with Crippen LogP contribution in [0.5, 0.6) is 0 Å². The van der Waals surface area contributed by atoms with Crippen LogP contribution in [-0.4, -0.2) is 22.9 Å². The molecule has 6 rings (SSSR count). The SMILES string of the molecule is Cc1ccc(C2CCN(c3c(F)cc(N4C(c5cc([N+](=O)[O-])c(Cl)cc5F)CCC4c4cc([N+](=O)[O-])c(Cl)cc4F)cc3F)CC2)s1. The molecule has 0 bridgehead atoms. The lowest BCUT2D eigenvalue weighted by atomic mass is 9.94. The first-order valence-corrected chi connectivity index (χ1v) is 16.3. The quantitative estimate of drug-likeness (QED) is 0.108. The Morgan fingerprint density at radius 1 is 0.745 bits per heavy atom. The molecule has 0 spiro atoms. The van der Waals surface area contributed by atoms with Crippen LogP contribution in [0.15, 0.2) is 48.5 Å². The highest BCUT2D eigenvalue weighted by atomic mass is 35.5. The number of thiophene rings is 1. The summed E-state index contributed by atoms with van der Waals surface area (Å²) >= 11 is 13.5. The predicted molar refractivity (Wildman–Crippen MR) is 173 cm³/mol. The third kappa shape index (κ3) is 6.23. The standard InChI is InChI=1S/C32H26Cl2F4N4O4S/c1-16-2-5-31(47-16)17-6-8-39(9-7-17)32-25(37)10-18(11-26(32)38)40-27(19-12-29(41(43)44)21(33)14-23(19)35)3-4-28(40)20-13-30(42(45)46)22(34)15-24(20)36/h2,5,10-15,17,27-28H,3-4,6-9H2,1H3. The molecule has 0 saturated carbocycles. The van der Waals surface area contributed by atoms with Crippen molar-refractivity contribution in [2.24, 2.45) is 0 Å². The zero-order chi connectivity index (χ0) is 33.7. The number of anilines is 2. The molecule has 2 unspecified atom stereocenters. The van der Waals surface area contributed by atoms with Gasteiger partial charge in [-0.3, -0.25) is 20.2 Å². The van der Waals surface area contributed by atoms with Gasteiger partial charge >= 0.3 is 0 Å². The lowest BCUT2D eigenvalue weighted by molar-refractivity contribution is -0.384. The highest BCUT2D eigenvalue weighted by Gasteiger charge is 2.41. The van der Waals surface area contributed by atoms with Crippen LogP contribution in [0.25, 0.3) is 0 Å². The molecule has 246 valence electrons. The first kappa shape index (κ1) is 33.0. The van der Waals surface area contributed by atoms with Crippen LogP contribution in [0.3, 0.4) is 0 Å². The monoisotopic (exact) mass is 708 g/mol. The fourth-order valence-electron chi connectivity index (χ4n) is 6.74. The summed E-state index contributed by atoms with van der Waals surface area (Å²) < 4.78 is 62.8. The van der Waals surface area contributed by atoms with Crippen LogP contribution in [0.1, 0.15) is 64.6 Å². The number of benzene rings is 3. The minimum Gasteiger partial charge on any atom is -0.367 e. The van der Waals surface area contributed by atoms with Crippen molar-refractivity contribution in [1.29, 1.82) is 0 Å². The second kappa shape index (κ2) is 12.9. The van der Waals surface area contributed by atoms with E-state index in [-0.39, 0.29) is 41.3 Å². The van der Waals surface area contributed by atoms with E-state index < -0.39 is 66.6 Å². The van der Waals surface area contributed by atoms with Crippen molar-refractivity contribution in [2.45, 2.75) is 50.6 Å². The molecular formula is C32H26Cl2F4N4O4S. The average Bonchev–Trinajstić information content (AvgIpc) is 3.63. The maximum atomic E-state index is 16.0. The Morgan fingerprint density at radius 2 is 1.23 bits per heavy atom. The first-order valence-electron chi connectivity index (χ1n) is 14.7. The lowest BCUT2D eigenvalue weighted by Gasteiger charge is -2.36. The highest BCUT2D eigenvalue weighted by Crippen LogP contribution is 2.51. The molecule has 0 N–H and O–H groups in total. The van der Waals surface area contributed by atoms with E-state index in [4.69, 9.17) is 23.2 Å². The Bertz CT molecular complexity index is 1800. The van der Waals surface area contributed by atoms with Gasteiger partial charge < -0.3 is 9.80 Å². The summed E-state index contributed by atoms with van der Waals surface area (Å²) in [5.74, 6) is -3.36. The maximum absolute atomic E-state index is 16.0. The number of halogens is 6.